The lowest BCUT2D eigenvalue weighted by atomic mass is 9.93. The topological polar surface area (TPSA) is 38.0 Å². The summed E-state index contributed by atoms with van der Waals surface area (Å²) in [5.41, 5.74) is 5.91. The molecule has 1 unspecified atom stereocenters. The Morgan fingerprint density at radius 1 is 1.46 bits per heavy atom. The minimum absolute atomic E-state index is 0.253. The quantitative estimate of drug-likeness (QED) is 0.658. The molecule has 0 heterocycles. The van der Waals surface area contributed by atoms with E-state index in [4.69, 9.17) is 5.73 Å². The van der Waals surface area contributed by atoms with E-state index < -0.39 is 0 Å². The summed E-state index contributed by atoms with van der Waals surface area (Å²) in [6, 6.07) is 0. The molecule has 3 N–H and O–H groups in total. The van der Waals surface area contributed by atoms with E-state index in [1.54, 1.807) is 0 Å². The summed E-state index contributed by atoms with van der Waals surface area (Å²) in [7, 11) is 0. The molecule has 0 aromatic carbocycles. The van der Waals surface area contributed by atoms with Crippen LogP contribution >= 0.6 is 0 Å². The Bertz CT molecular complexity index is 150. The number of hydrogen-bond acceptors (Lipinski definition) is 2. The zero-order valence-electron chi connectivity index (χ0n) is 9.27. The largest absolute Gasteiger partial charge is 0.330 e. The van der Waals surface area contributed by atoms with Crippen molar-refractivity contribution in [3.63, 3.8) is 0 Å². The third kappa shape index (κ3) is 4.10. The van der Waals surface area contributed by atoms with Gasteiger partial charge in [-0.3, -0.25) is 0 Å². The Kier molecular flexibility index (Phi) is 3.74. The highest BCUT2D eigenvalue weighted by Crippen LogP contribution is 2.36. The average molecular weight is 184 g/mol. The first-order valence-electron chi connectivity index (χ1n) is 5.46. The molecule has 0 amide bonds. The molecule has 1 atom stereocenters. The monoisotopic (exact) mass is 184 g/mol. The normalized spacial score (nSPS) is 20.3. The van der Waals surface area contributed by atoms with Crippen LogP contribution in [0.1, 0.15) is 33.6 Å². The standard InChI is InChI=1S/C11H24N2/c1-9(10-4-5-10)6-13-8-11(2,3)7-12/h9-10,13H,4-8,12H2,1-3H3. The van der Waals surface area contributed by atoms with E-state index in [0.717, 1.165) is 31.5 Å². The first-order valence-corrected chi connectivity index (χ1v) is 5.46. The maximum Gasteiger partial charge on any atom is 0.00147 e. The lowest BCUT2D eigenvalue weighted by Crippen LogP contribution is -2.37. The summed E-state index contributed by atoms with van der Waals surface area (Å²) >= 11 is 0. The lowest BCUT2D eigenvalue weighted by molar-refractivity contribution is 0.333. The van der Waals surface area contributed by atoms with E-state index in [2.05, 4.69) is 26.1 Å². The summed E-state index contributed by atoms with van der Waals surface area (Å²) in [6.07, 6.45) is 2.90. The van der Waals surface area contributed by atoms with Crippen LogP contribution < -0.4 is 11.1 Å². The molecule has 1 aliphatic carbocycles. The third-order valence-electron chi connectivity index (χ3n) is 3.05. The second kappa shape index (κ2) is 4.43. The highest BCUT2D eigenvalue weighted by Gasteiger charge is 2.27. The number of nitrogens with one attached hydrogen (secondary N) is 1. The number of rotatable bonds is 6. The van der Waals surface area contributed by atoms with Gasteiger partial charge in [-0.15, -0.1) is 0 Å². The molecule has 78 valence electrons. The second-order valence-corrected chi connectivity index (χ2v) is 5.31. The average Bonchev–Trinajstić information content (AvgIpc) is 2.86. The maximum absolute atomic E-state index is 5.66. The van der Waals surface area contributed by atoms with Crippen molar-refractivity contribution >= 4 is 0 Å². The first kappa shape index (κ1) is 11.0. The summed E-state index contributed by atoms with van der Waals surface area (Å²) in [4.78, 5) is 0. The fourth-order valence-electron chi connectivity index (χ4n) is 1.54. The molecule has 13 heavy (non-hydrogen) atoms. The molecule has 0 bridgehead atoms. The van der Waals surface area contributed by atoms with Gasteiger partial charge in [0.1, 0.15) is 0 Å². The third-order valence-corrected chi connectivity index (χ3v) is 3.05. The molecule has 0 radical (unpaired) electrons. The van der Waals surface area contributed by atoms with E-state index in [-0.39, 0.29) is 5.41 Å². The molecule has 1 aliphatic rings. The van der Waals surface area contributed by atoms with Crippen molar-refractivity contribution < 1.29 is 0 Å². The van der Waals surface area contributed by atoms with Crippen molar-refractivity contribution in [2.45, 2.75) is 33.6 Å². The predicted octanol–water partition coefficient (Wildman–Crippen LogP) is 1.61. The van der Waals surface area contributed by atoms with E-state index >= 15 is 0 Å². The van der Waals surface area contributed by atoms with Crippen molar-refractivity contribution in [3.8, 4) is 0 Å². The second-order valence-electron chi connectivity index (χ2n) is 5.31. The van der Waals surface area contributed by atoms with E-state index in [1.807, 2.05) is 0 Å². The van der Waals surface area contributed by atoms with Crippen molar-refractivity contribution in [3.05, 3.63) is 0 Å². The van der Waals surface area contributed by atoms with Gasteiger partial charge in [0.15, 0.2) is 0 Å². The highest BCUT2D eigenvalue weighted by molar-refractivity contribution is 4.81. The molecule has 1 rings (SSSR count). The van der Waals surface area contributed by atoms with Crippen LogP contribution in [0.25, 0.3) is 0 Å². The van der Waals surface area contributed by atoms with Crippen LogP contribution in [0.3, 0.4) is 0 Å². The van der Waals surface area contributed by atoms with Gasteiger partial charge in [-0.05, 0) is 43.2 Å². The Labute approximate surface area is 82.3 Å². The summed E-state index contributed by atoms with van der Waals surface area (Å²) in [5.74, 6) is 1.86. The van der Waals surface area contributed by atoms with Crippen molar-refractivity contribution in [2.24, 2.45) is 23.0 Å². The predicted molar refractivity (Wildman–Crippen MR) is 57.6 cm³/mol. The van der Waals surface area contributed by atoms with Crippen LogP contribution in [0, 0.1) is 17.3 Å². The van der Waals surface area contributed by atoms with Crippen molar-refractivity contribution in [2.75, 3.05) is 19.6 Å². The van der Waals surface area contributed by atoms with E-state index in [0.29, 0.717) is 0 Å². The summed E-state index contributed by atoms with van der Waals surface area (Å²) in [5, 5.41) is 3.52. The van der Waals surface area contributed by atoms with Gasteiger partial charge < -0.3 is 11.1 Å². The fourth-order valence-corrected chi connectivity index (χ4v) is 1.54. The Morgan fingerprint density at radius 3 is 2.54 bits per heavy atom. The SMILES string of the molecule is CC(CNCC(C)(C)CN)C1CC1. The molecule has 2 nitrogen and oxygen atoms in total. The van der Waals surface area contributed by atoms with Crippen LogP contribution in [0.4, 0.5) is 0 Å². The van der Waals surface area contributed by atoms with Crippen LogP contribution in [0.5, 0.6) is 0 Å². The van der Waals surface area contributed by atoms with Gasteiger partial charge >= 0.3 is 0 Å². The molecular weight excluding hydrogens is 160 g/mol. The highest BCUT2D eigenvalue weighted by atomic mass is 14.9. The maximum atomic E-state index is 5.66. The van der Waals surface area contributed by atoms with E-state index in [1.165, 1.54) is 12.8 Å². The molecular formula is C11H24N2. The van der Waals surface area contributed by atoms with Gasteiger partial charge in [0.05, 0.1) is 0 Å². The number of nitrogens with two attached hydrogens (primary N) is 1. The zero-order chi connectivity index (χ0) is 9.90. The lowest BCUT2D eigenvalue weighted by Gasteiger charge is -2.23. The minimum atomic E-state index is 0.253. The van der Waals surface area contributed by atoms with Gasteiger partial charge in [-0.25, -0.2) is 0 Å². The van der Waals surface area contributed by atoms with Crippen molar-refractivity contribution in [1.29, 1.82) is 0 Å². The van der Waals surface area contributed by atoms with Crippen LogP contribution in [-0.4, -0.2) is 19.6 Å². The van der Waals surface area contributed by atoms with Gasteiger partial charge in [-0.1, -0.05) is 20.8 Å². The minimum Gasteiger partial charge on any atom is -0.330 e. The Morgan fingerprint density at radius 2 is 2.08 bits per heavy atom. The van der Waals surface area contributed by atoms with E-state index in [9.17, 15) is 0 Å². The molecule has 1 saturated carbocycles. The molecule has 0 aromatic heterocycles. The fraction of sp³-hybridized carbons (Fsp3) is 1.00. The van der Waals surface area contributed by atoms with Crippen LogP contribution in [0.15, 0.2) is 0 Å². The van der Waals surface area contributed by atoms with Gasteiger partial charge in [0.2, 0.25) is 0 Å². The molecule has 0 spiro atoms. The smallest absolute Gasteiger partial charge is 0.00147 e. The summed E-state index contributed by atoms with van der Waals surface area (Å²) < 4.78 is 0. The van der Waals surface area contributed by atoms with Crippen LogP contribution in [0.2, 0.25) is 0 Å². The van der Waals surface area contributed by atoms with Crippen LogP contribution in [-0.2, 0) is 0 Å². The molecule has 0 aliphatic heterocycles. The number of hydrogen-bond donors (Lipinski definition) is 2. The molecule has 0 saturated heterocycles. The molecule has 1 fully saturated rings. The Balaban J connectivity index is 2.05. The van der Waals surface area contributed by atoms with Crippen molar-refractivity contribution in [1.82, 2.24) is 5.32 Å². The first-order chi connectivity index (χ1) is 6.05. The summed E-state index contributed by atoms with van der Waals surface area (Å²) in [6.45, 7) is 9.73. The van der Waals surface area contributed by atoms with Gasteiger partial charge in [-0.2, -0.15) is 0 Å². The Hall–Kier alpha value is -0.0800. The van der Waals surface area contributed by atoms with Gasteiger partial charge in [0.25, 0.3) is 0 Å². The van der Waals surface area contributed by atoms with Gasteiger partial charge in [0, 0.05) is 6.54 Å². The molecule has 2 heteroatoms. The molecule has 0 aromatic rings. The zero-order valence-corrected chi connectivity index (χ0v) is 9.27.